The molecule has 0 aliphatic rings. The molecular weight excluding hydrogens is 356 g/mol. The van der Waals surface area contributed by atoms with Gasteiger partial charge in [0.2, 0.25) is 15.9 Å². The summed E-state index contributed by atoms with van der Waals surface area (Å²) in [6.07, 6.45) is 4.45. The van der Waals surface area contributed by atoms with Crippen molar-refractivity contribution in [3.8, 4) is 11.6 Å². The predicted molar refractivity (Wildman–Crippen MR) is 97.7 cm³/mol. The van der Waals surface area contributed by atoms with E-state index in [9.17, 15) is 8.42 Å². The molecule has 0 bridgehead atoms. The third kappa shape index (κ3) is 5.94. The van der Waals surface area contributed by atoms with Gasteiger partial charge in [-0.2, -0.15) is 0 Å². The van der Waals surface area contributed by atoms with Crippen LogP contribution in [0.15, 0.2) is 41.7 Å². The Morgan fingerprint density at radius 3 is 2.62 bits per heavy atom. The van der Waals surface area contributed by atoms with Crippen LogP contribution in [-0.4, -0.2) is 57.1 Å². The third-order valence-corrected chi connectivity index (χ3v) is 4.82. The molecule has 1 N–H and O–H groups in total. The first kappa shape index (κ1) is 20.1. The largest absolute Gasteiger partial charge is 0.490 e. The Hall–Kier alpha value is -2.23. The zero-order valence-electron chi connectivity index (χ0n) is 15.2. The quantitative estimate of drug-likeness (QED) is 0.664. The van der Waals surface area contributed by atoms with E-state index >= 15 is 0 Å². The van der Waals surface area contributed by atoms with E-state index in [0.29, 0.717) is 30.4 Å². The van der Waals surface area contributed by atoms with Gasteiger partial charge in [0.1, 0.15) is 17.3 Å². The van der Waals surface area contributed by atoms with E-state index in [0.717, 1.165) is 6.54 Å². The zero-order valence-corrected chi connectivity index (χ0v) is 16.0. The monoisotopic (exact) mass is 380 g/mol. The van der Waals surface area contributed by atoms with Crippen LogP contribution in [0.2, 0.25) is 0 Å². The van der Waals surface area contributed by atoms with Gasteiger partial charge in [-0.3, -0.25) is 4.98 Å². The Kier molecular flexibility index (Phi) is 7.31. The smallest absolute Gasteiger partial charge is 0.242 e. The maximum Gasteiger partial charge on any atom is 0.242 e. The molecule has 2 aromatic rings. The Balaban J connectivity index is 2.02. The van der Waals surface area contributed by atoms with Crippen LogP contribution in [0.4, 0.5) is 0 Å². The lowest BCUT2D eigenvalue weighted by Gasteiger charge is -2.14. The van der Waals surface area contributed by atoms with Crippen LogP contribution in [0.1, 0.15) is 12.5 Å². The summed E-state index contributed by atoms with van der Waals surface area (Å²) >= 11 is 0. The summed E-state index contributed by atoms with van der Waals surface area (Å²) in [5.74, 6) is 0.944. The van der Waals surface area contributed by atoms with Gasteiger partial charge >= 0.3 is 0 Å². The Morgan fingerprint density at radius 2 is 1.96 bits per heavy atom. The Bertz CT molecular complexity index is 795. The highest BCUT2D eigenvalue weighted by Crippen LogP contribution is 2.18. The molecule has 0 saturated heterocycles. The summed E-state index contributed by atoms with van der Waals surface area (Å²) in [5.41, 5.74) is 0.709. The van der Waals surface area contributed by atoms with Gasteiger partial charge in [-0.05, 0) is 33.2 Å². The number of likely N-dealkylation sites (N-methyl/N-ethyl adjacent to an activating group) is 1. The highest BCUT2D eigenvalue weighted by atomic mass is 32.2. The average molecular weight is 380 g/mol. The summed E-state index contributed by atoms with van der Waals surface area (Å²) in [6.45, 7) is 3.63. The highest BCUT2D eigenvalue weighted by Gasteiger charge is 2.16. The van der Waals surface area contributed by atoms with Gasteiger partial charge in [-0.15, -0.1) is 0 Å². The van der Waals surface area contributed by atoms with E-state index in [4.69, 9.17) is 9.47 Å². The molecule has 0 unspecified atom stereocenters. The summed E-state index contributed by atoms with van der Waals surface area (Å²) < 4.78 is 38.3. The molecule has 9 heteroatoms. The van der Waals surface area contributed by atoms with Crippen molar-refractivity contribution < 1.29 is 17.9 Å². The van der Waals surface area contributed by atoms with E-state index in [2.05, 4.69) is 14.7 Å². The number of nitrogens with zero attached hydrogens (tertiary/aromatic N) is 3. The first-order valence-electron chi connectivity index (χ1n) is 8.21. The van der Waals surface area contributed by atoms with Gasteiger partial charge in [-0.25, -0.2) is 18.1 Å². The van der Waals surface area contributed by atoms with Crippen LogP contribution in [0.5, 0.6) is 11.6 Å². The standard InChI is InChI=1S/C17H24N4O4S/c1-4-24-17-6-5-15(12-19-17)26(22,23)20-11-14-7-8-18-13-16(14)25-10-9-21(2)3/h5-8,12-13,20H,4,9-11H2,1-3H3. The minimum atomic E-state index is -3.69. The number of sulfonamides is 1. The van der Waals surface area contributed by atoms with Crippen LogP contribution in [0, 0.1) is 0 Å². The van der Waals surface area contributed by atoms with Crippen molar-refractivity contribution in [3.05, 3.63) is 42.4 Å². The minimum absolute atomic E-state index is 0.0742. The van der Waals surface area contributed by atoms with E-state index in [1.807, 2.05) is 25.9 Å². The first-order valence-corrected chi connectivity index (χ1v) is 9.69. The van der Waals surface area contributed by atoms with E-state index in [1.54, 1.807) is 18.5 Å². The van der Waals surface area contributed by atoms with E-state index < -0.39 is 10.0 Å². The molecule has 142 valence electrons. The number of rotatable bonds is 10. The van der Waals surface area contributed by atoms with Gasteiger partial charge in [0.25, 0.3) is 0 Å². The normalized spacial score (nSPS) is 11.5. The van der Waals surface area contributed by atoms with Crippen molar-refractivity contribution in [3.63, 3.8) is 0 Å². The molecule has 2 rings (SSSR count). The lowest BCUT2D eigenvalue weighted by atomic mass is 10.2. The van der Waals surface area contributed by atoms with Crippen molar-refractivity contribution in [1.82, 2.24) is 19.6 Å². The van der Waals surface area contributed by atoms with Crippen molar-refractivity contribution in [1.29, 1.82) is 0 Å². The summed E-state index contributed by atoms with van der Waals surface area (Å²) in [4.78, 5) is 10.1. The molecular formula is C17H24N4O4S. The second-order valence-electron chi connectivity index (χ2n) is 5.72. The average Bonchev–Trinajstić information content (AvgIpc) is 2.61. The lowest BCUT2D eigenvalue weighted by Crippen LogP contribution is -2.24. The van der Waals surface area contributed by atoms with Crippen LogP contribution >= 0.6 is 0 Å². The fourth-order valence-corrected chi connectivity index (χ4v) is 2.99. The topological polar surface area (TPSA) is 93.7 Å². The number of nitrogens with one attached hydrogen (secondary N) is 1. The second kappa shape index (κ2) is 9.46. The molecule has 0 fully saturated rings. The Morgan fingerprint density at radius 1 is 1.15 bits per heavy atom. The summed E-state index contributed by atoms with van der Waals surface area (Å²) in [6, 6.07) is 4.71. The van der Waals surface area contributed by atoms with Crippen molar-refractivity contribution in [2.24, 2.45) is 0 Å². The van der Waals surface area contributed by atoms with Gasteiger partial charge < -0.3 is 14.4 Å². The lowest BCUT2D eigenvalue weighted by molar-refractivity contribution is 0.258. The second-order valence-corrected chi connectivity index (χ2v) is 7.49. The third-order valence-electron chi connectivity index (χ3n) is 3.43. The highest BCUT2D eigenvalue weighted by molar-refractivity contribution is 7.89. The number of pyridine rings is 2. The fourth-order valence-electron chi connectivity index (χ4n) is 2.04. The van der Waals surface area contributed by atoms with Crippen LogP contribution < -0.4 is 14.2 Å². The molecule has 0 amide bonds. The van der Waals surface area contributed by atoms with E-state index in [-0.39, 0.29) is 11.4 Å². The number of hydrogen-bond donors (Lipinski definition) is 1. The van der Waals surface area contributed by atoms with Crippen molar-refractivity contribution >= 4 is 10.0 Å². The maximum atomic E-state index is 12.4. The van der Waals surface area contributed by atoms with Crippen LogP contribution in [0.3, 0.4) is 0 Å². The van der Waals surface area contributed by atoms with Crippen LogP contribution in [-0.2, 0) is 16.6 Å². The van der Waals surface area contributed by atoms with Gasteiger partial charge in [0.05, 0.1) is 19.0 Å². The molecule has 8 nitrogen and oxygen atoms in total. The van der Waals surface area contributed by atoms with Crippen LogP contribution in [0.25, 0.3) is 0 Å². The van der Waals surface area contributed by atoms with Crippen molar-refractivity contribution in [2.45, 2.75) is 18.4 Å². The molecule has 0 aromatic carbocycles. The predicted octanol–water partition coefficient (Wildman–Crippen LogP) is 1.29. The number of aromatic nitrogens is 2. The Labute approximate surface area is 154 Å². The minimum Gasteiger partial charge on any atom is -0.490 e. The van der Waals surface area contributed by atoms with Crippen molar-refractivity contribution in [2.75, 3.05) is 33.9 Å². The molecule has 0 atom stereocenters. The molecule has 26 heavy (non-hydrogen) atoms. The molecule has 0 aliphatic heterocycles. The van der Waals surface area contributed by atoms with Gasteiger partial charge in [-0.1, -0.05) is 0 Å². The molecule has 2 heterocycles. The van der Waals surface area contributed by atoms with E-state index in [1.165, 1.54) is 18.3 Å². The summed E-state index contributed by atoms with van der Waals surface area (Å²) in [7, 11) is 0.209. The summed E-state index contributed by atoms with van der Waals surface area (Å²) in [5, 5.41) is 0. The van der Waals surface area contributed by atoms with Gasteiger partial charge in [0.15, 0.2) is 0 Å². The number of ether oxygens (including phenoxy) is 2. The molecule has 0 radical (unpaired) electrons. The molecule has 0 saturated carbocycles. The number of hydrogen-bond acceptors (Lipinski definition) is 7. The van der Waals surface area contributed by atoms with Gasteiger partial charge in [0, 0.05) is 30.9 Å². The first-order chi connectivity index (χ1) is 12.4. The molecule has 0 aliphatic carbocycles. The fraction of sp³-hybridized carbons (Fsp3) is 0.412. The SMILES string of the molecule is CCOc1ccc(S(=O)(=O)NCc2ccncc2OCCN(C)C)cn1. The molecule has 2 aromatic heterocycles. The maximum absolute atomic E-state index is 12.4. The zero-order chi connectivity index (χ0) is 19.0. The molecule has 0 spiro atoms.